The molecule has 112 valence electrons. The van der Waals surface area contributed by atoms with Gasteiger partial charge >= 0.3 is 0 Å². The van der Waals surface area contributed by atoms with E-state index in [1.54, 1.807) is 22.9 Å². The Hall–Kier alpha value is -2.29. The van der Waals surface area contributed by atoms with Crippen molar-refractivity contribution >= 4 is 29.4 Å². The van der Waals surface area contributed by atoms with Crippen molar-refractivity contribution in [3.63, 3.8) is 0 Å². The van der Waals surface area contributed by atoms with E-state index < -0.39 is 0 Å². The molecule has 4 N–H and O–H groups in total. The maximum absolute atomic E-state index is 11.8. The summed E-state index contributed by atoms with van der Waals surface area (Å²) >= 11 is 1.28. The zero-order valence-corrected chi connectivity index (χ0v) is 12.6. The van der Waals surface area contributed by atoms with Gasteiger partial charge in [0, 0.05) is 12.2 Å². The molecule has 0 saturated heterocycles. The number of carbonyl (C=O) groups excluding carboxylic acids is 1. The Morgan fingerprint density at radius 3 is 2.90 bits per heavy atom. The van der Waals surface area contributed by atoms with E-state index in [1.165, 1.54) is 11.8 Å². The van der Waals surface area contributed by atoms with Crippen molar-refractivity contribution in [1.82, 2.24) is 25.2 Å². The van der Waals surface area contributed by atoms with Crippen LogP contribution in [0.3, 0.4) is 0 Å². The van der Waals surface area contributed by atoms with Crippen molar-refractivity contribution in [2.45, 2.75) is 25.0 Å². The second-order valence-electron chi connectivity index (χ2n) is 4.48. The number of nitrogens with two attached hydrogens (primary N) is 1. The lowest BCUT2D eigenvalue weighted by Crippen LogP contribution is -2.31. The van der Waals surface area contributed by atoms with Gasteiger partial charge in [-0.3, -0.25) is 20.2 Å². The maximum Gasteiger partial charge on any atom is 0.248 e. The van der Waals surface area contributed by atoms with Crippen molar-refractivity contribution < 1.29 is 4.79 Å². The number of thioether (sulfide) groups is 1. The summed E-state index contributed by atoms with van der Waals surface area (Å²) in [5.74, 6) is 0.928. The molecule has 2 rings (SSSR count). The predicted octanol–water partition coefficient (Wildman–Crippen LogP) is 1.07. The van der Waals surface area contributed by atoms with Crippen molar-refractivity contribution in [3.05, 3.63) is 24.4 Å². The average Bonchev–Trinajstić information content (AvgIpc) is 2.85. The number of nitrogens with zero attached hydrogens (tertiary/aromatic N) is 4. The van der Waals surface area contributed by atoms with E-state index in [0.29, 0.717) is 16.9 Å². The van der Waals surface area contributed by atoms with Crippen LogP contribution in [0.25, 0.3) is 0 Å². The molecule has 2 aromatic heterocycles. The summed E-state index contributed by atoms with van der Waals surface area (Å²) in [5, 5.41) is 8.41. The molecule has 1 amide bonds. The third-order valence-corrected chi connectivity index (χ3v) is 3.48. The number of anilines is 2. The lowest BCUT2D eigenvalue weighted by Gasteiger charge is -2.11. The molecule has 0 fully saturated rings. The van der Waals surface area contributed by atoms with Gasteiger partial charge in [-0.2, -0.15) is 0 Å². The number of nitrogens with one attached hydrogen (secondary N) is 2. The van der Waals surface area contributed by atoms with Crippen LogP contribution in [0.1, 0.15) is 19.9 Å². The molecule has 8 nitrogen and oxygen atoms in total. The molecule has 0 aliphatic rings. The first kappa shape index (κ1) is 15.1. The minimum atomic E-state index is -0.192. The smallest absolute Gasteiger partial charge is 0.248 e. The molecule has 21 heavy (non-hydrogen) atoms. The van der Waals surface area contributed by atoms with Crippen molar-refractivity contribution in [2.75, 3.05) is 16.9 Å². The first-order valence-corrected chi connectivity index (χ1v) is 7.35. The standard InChI is InChI=1S/C12H17N7OS/c1-8(2)19-11(13)17-18-12(19)21-7-10(20)16-15-9-5-3-4-6-14-9/h3-6,8H,7H2,1-2H3,(H2,13,17)(H,14,15)(H,16,20). The highest BCUT2D eigenvalue weighted by Gasteiger charge is 2.14. The van der Waals surface area contributed by atoms with Gasteiger partial charge in [0.1, 0.15) is 5.82 Å². The predicted molar refractivity (Wildman–Crippen MR) is 81.5 cm³/mol. The Morgan fingerprint density at radius 1 is 1.43 bits per heavy atom. The Kier molecular flexibility index (Phi) is 4.99. The van der Waals surface area contributed by atoms with E-state index in [-0.39, 0.29) is 17.7 Å². The van der Waals surface area contributed by atoms with E-state index >= 15 is 0 Å². The molecule has 0 aliphatic carbocycles. The summed E-state index contributed by atoms with van der Waals surface area (Å²) < 4.78 is 1.78. The SMILES string of the molecule is CC(C)n1c(N)nnc1SCC(=O)NNc1ccccn1. The normalized spacial score (nSPS) is 10.6. The Morgan fingerprint density at radius 2 is 2.24 bits per heavy atom. The van der Waals surface area contributed by atoms with Gasteiger partial charge in [-0.1, -0.05) is 17.8 Å². The number of hydrogen-bond donors (Lipinski definition) is 3. The fourth-order valence-corrected chi connectivity index (χ4v) is 2.48. The molecular formula is C12H17N7OS. The van der Waals surface area contributed by atoms with Gasteiger partial charge in [-0.15, -0.1) is 10.2 Å². The fraction of sp³-hybridized carbons (Fsp3) is 0.333. The van der Waals surface area contributed by atoms with Gasteiger partial charge in [0.05, 0.1) is 5.75 Å². The number of hydrazine groups is 1. The fourth-order valence-electron chi connectivity index (χ4n) is 1.61. The lowest BCUT2D eigenvalue weighted by molar-refractivity contribution is -0.118. The molecule has 9 heteroatoms. The van der Waals surface area contributed by atoms with Gasteiger partial charge in [0.25, 0.3) is 0 Å². The highest BCUT2D eigenvalue weighted by Crippen LogP contribution is 2.22. The van der Waals surface area contributed by atoms with E-state index in [0.717, 1.165) is 0 Å². The Bertz CT molecular complexity index is 599. The summed E-state index contributed by atoms with van der Waals surface area (Å²) in [4.78, 5) is 15.8. The monoisotopic (exact) mass is 307 g/mol. The minimum Gasteiger partial charge on any atom is -0.368 e. The molecule has 2 heterocycles. The van der Waals surface area contributed by atoms with Crippen LogP contribution < -0.4 is 16.6 Å². The quantitative estimate of drug-likeness (QED) is 0.540. The molecule has 0 atom stereocenters. The summed E-state index contributed by atoms with van der Waals surface area (Å²) in [5.41, 5.74) is 11.0. The molecule has 0 radical (unpaired) electrons. The maximum atomic E-state index is 11.8. The van der Waals surface area contributed by atoms with Crippen molar-refractivity contribution in [1.29, 1.82) is 0 Å². The second kappa shape index (κ2) is 6.93. The van der Waals surface area contributed by atoms with Crippen LogP contribution in [-0.2, 0) is 4.79 Å². The van der Waals surface area contributed by atoms with E-state index in [9.17, 15) is 4.79 Å². The topological polar surface area (TPSA) is 111 Å². The Balaban J connectivity index is 1.84. The van der Waals surface area contributed by atoms with E-state index in [1.807, 2.05) is 19.9 Å². The van der Waals surface area contributed by atoms with Gasteiger partial charge in [0.2, 0.25) is 11.9 Å². The highest BCUT2D eigenvalue weighted by atomic mass is 32.2. The van der Waals surface area contributed by atoms with Crippen LogP contribution in [0.15, 0.2) is 29.6 Å². The third kappa shape index (κ3) is 4.09. The van der Waals surface area contributed by atoms with E-state index in [4.69, 9.17) is 5.73 Å². The number of aromatic nitrogens is 4. The number of pyridine rings is 1. The molecule has 0 aromatic carbocycles. The summed E-state index contributed by atoms with van der Waals surface area (Å²) in [6, 6.07) is 5.51. The van der Waals surface area contributed by atoms with Crippen LogP contribution in [0.2, 0.25) is 0 Å². The van der Waals surface area contributed by atoms with Crippen LogP contribution >= 0.6 is 11.8 Å². The highest BCUT2D eigenvalue weighted by molar-refractivity contribution is 7.99. The number of nitrogen functional groups attached to an aromatic ring is 1. The van der Waals surface area contributed by atoms with Crippen molar-refractivity contribution in [2.24, 2.45) is 0 Å². The molecule has 0 spiro atoms. The largest absolute Gasteiger partial charge is 0.368 e. The zero-order chi connectivity index (χ0) is 15.2. The van der Waals surface area contributed by atoms with Crippen LogP contribution in [0, 0.1) is 0 Å². The van der Waals surface area contributed by atoms with Gasteiger partial charge in [-0.05, 0) is 26.0 Å². The first-order chi connectivity index (χ1) is 10.1. The van der Waals surface area contributed by atoms with Crippen molar-refractivity contribution in [3.8, 4) is 0 Å². The lowest BCUT2D eigenvalue weighted by atomic mass is 10.4. The first-order valence-electron chi connectivity index (χ1n) is 6.37. The summed E-state index contributed by atoms with van der Waals surface area (Å²) in [6.07, 6.45) is 1.64. The molecular weight excluding hydrogens is 290 g/mol. The van der Waals surface area contributed by atoms with Crippen LogP contribution in [-0.4, -0.2) is 31.4 Å². The number of rotatable bonds is 6. The van der Waals surface area contributed by atoms with Crippen LogP contribution in [0.5, 0.6) is 0 Å². The second-order valence-corrected chi connectivity index (χ2v) is 5.42. The van der Waals surface area contributed by atoms with Crippen LogP contribution in [0.4, 0.5) is 11.8 Å². The number of hydrogen-bond acceptors (Lipinski definition) is 7. The third-order valence-electron chi connectivity index (χ3n) is 2.53. The molecule has 0 saturated carbocycles. The number of amides is 1. The number of carbonyl (C=O) groups is 1. The van der Waals surface area contributed by atoms with E-state index in [2.05, 4.69) is 26.0 Å². The zero-order valence-electron chi connectivity index (χ0n) is 11.8. The molecule has 2 aromatic rings. The van der Waals surface area contributed by atoms with Gasteiger partial charge in [0.15, 0.2) is 5.16 Å². The Labute approximate surface area is 126 Å². The molecule has 0 bridgehead atoms. The minimum absolute atomic E-state index is 0.136. The molecule has 0 aliphatic heterocycles. The summed E-state index contributed by atoms with van der Waals surface area (Å²) in [6.45, 7) is 3.96. The molecule has 0 unspecified atom stereocenters. The van der Waals surface area contributed by atoms with Gasteiger partial charge in [-0.25, -0.2) is 4.98 Å². The summed E-state index contributed by atoms with van der Waals surface area (Å²) in [7, 11) is 0. The van der Waals surface area contributed by atoms with Gasteiger partial charge < -0.3 is 5.73 Å². The average molecular weight is 307 g/mol.